The molecule has 0 spiro atoms. The van der Waals surface area contributed by atoms with Crippen LogP contribution in [0.2, 0.25) is 0 Å². The van der Waals surface area contributed by atoms with Crippen LogP contribution in [0.15, 0.2) is 18.2 Å². The van der Waals surface area contributed by atoms with Crippen molar-refractivity contribution in [2.45, 2.75) is 71.6 Å². The second kappa shape index (κ2) is 12.6. The minimum Gasteiger partial charge on any atom is -0.490 e. The fourth-order valence-corrected chi connectivity index (χ4v) is 2.47. The lowest BCUT2D eigenvalue weighted by molar-refractivity contribution is -0.385. The van der Waals surface area contributed by atoms with Gasteiger partial charge in [0.15, 0.2) is 11.5 Å². The average molecular weight is 337 g/mol. The Morgan fingerprint density at radius 2 is 1.46 bits per heavy atom. The third kappa shape index (κ3) is 8.18. The maximum Gasteiger partial charge on any atom is 0.273 e. The molecule has 0 aliphatic rings. The highest BCUT2D eigenvalue weighted by molar-refractivity contribution is 5.48. The van der Waals surface area contributed by atoms with Gasteiger partial charge in [-0.05, 0) is 18.9 Å². The molecule has 0 unspecified atom stereocenters. The van der Waals surface area contributed by atoms with E-state index in [-0.39, 0.29) is 5.69 Å². The third-order valence-corrected chi connectivity index (χ3v) is 3.86. The van der Waals surface area contributed by atoms with Crippen LogP contribution in [0.1, 0.15) is 71.6 Å². The highest BCUT2D eigenvalue weighted by atomic mass is 16.6. The number of rotatable bonds is 14. The molecule has 0 saturated heterocycles. The summed E-state index contributed by atoms with van der Waals surface area (Å²) in [6.07, 6.45) is 10.8. The first-order valence-corrected chi connectivity index (χ1v) is 9.23. The molecule has 0 atom stereocenters. The van der Waals surface area contributed by atoms with Crippen molar-refractivity contribution in [2.24, 2.45) is 0 Å². The monoisotopic (exact) mass is 337 g/mol. The number of hydrogen-bond donors (Lipinski definition) is 0. The van der Waals surface area contributed by atoms with Gasteiger partial charge >= 0.3 is 0 Å². The van der Waals surface area contributed by atoms with Crippen LogP contribution in [0.5, 0.6) is 11.5 Å². The molecule has 0 fully saturated rings. The summed E-state index contributed by atoms with van der Waals surface area (Å²) in [6.45, 7) is 5.37. The van der Waals surface area contributed by atoms with Crippen molar-refractivity contribution in [1.82, 2.24) is 0 Å². The first kappa shape index (κ1) is 20.3. The number of benzene rings is 1. The van der Waals surface area contributed by atoms with Crippen LogP contribution in [0, 0.1) is 10.1 Å². The van der Waals surface area contributed by atoms with Gasteiger partial charge in [0.05, 0.1) is 24.2 Å². The van der Waals surface area contributed by atoms with Gasteiger partial charge in [0.25, 0.3) is 5.69 Å². The number of nitro benzene ring substituents is 1. The predicted molar refractivity (Wildman–Crippen MR) is 97.0 cm³/mol. The number of ether oxygens (including phenoxy) is 2. The highest BCUT2D eigenvalue weighted by Gasteiger charge is 2.12. The smallest absolute Gasteiger partial charge is 0.273 e. The van der Waals surface area contributed by atoms with Gasteiger partial charge in [0, 0.05) is 6.07 Å². The lowest BCUT2D eigenvalue weighted by atomic mass is 10.1. The Morgan fingerprint density at radius 1 is 0.833 bits per heavy atom. The van der Waals surface area contributed by atoms with E-state index in [4.69, 9.17) is 9.47 Å². The van der Waals surface area contributed by atoms with Crippen molar-refractivity contribution in [3.05, 3.63) is 28.3 Å². The molecule has 0 N–H and O–H groups in total. The van der Waals surface area contributed by atoms with E-state index in [9.17, 15) is 10.1 Å². The van der Waals surface area contributed by atoms with Gasteiger partial charge < -0.3 is 9.47 Å². The van der Waals surface area contributed by atoms with E-state index in [1.807, 2.05) is 6.92 Å². The molecule has 5 nitrogen and oxygen atoms in total. The lowest BCUT2D eigenvalue weighted by Crippen LogP contribution is -2.02. The maximum absolute atomic E-state index is 10.9. The van der Waals surface area contributed by atoms with Crippen molar-refractivity contribution in [2.75, 3.05) is 13.2 Å². The lowest BCUT2D eigenvalue weighted by Gasteiger charge is -2.12. The van der Waals surface area contributed by atoms with Gasteiger partial charge in [0.1, 0.15) is 0 Å². The summed E-state index contributed by atoms with van der Waals surface area (Å²) in [5.74, 6) is 1.06. The van der Waals surface area contributed by atoms with Crippen LogP contribution in [-0.4, -0.2) is 18.1 Å². The van der Waals surface area contributed by atoms with Gasteiger partial charge in [-0.2, -0.15) is 0 Å². The summed E-state index contributed by atoms with van der Waals surface area (Å²) in [4.78, 5) is 10.5. The summed E-state index contributed by atoms with van der Waals surface area (Å²) in [7, 11) is 0. The minimum atomic E-state index is -0.416. The molecular formula is C19H31NO4. The molecule has 0 saturated carbocycles. The molecule has 0 bridgehead atoms. The number of nitrogens with zero attached hydrogens (tertiary/aromatic N) is 1. The van der Waals surface area contributed by atoms with E-state index in [1.165, 1.54) is 50.7 Å². The Morgan fingerprint density at radius 3 is 2.08 bits per heavy atom. The van der Waals surface area contributed by atoms with Crippen molar-refractivity contribution in [1.29, 1.82) is 0 Å². The Bertz CT molecular complexity index is 476. The average Bonchev–Trinajstić information content (AvgIpc) is 2.58. The standard InChI is InChI=1S/C19H31NO4/c1-3-5-6-7-8-9-10-11-15-24-18-13-12-17(20(21)22)16-19(18)23-14-4-2/h12-13,16H,3-11,14-15H2,1-2H3. The Hall–Kier alpha value is -1.78. The zero-order valence-electron chi connectivity index (χ0n) is 15.1. The molecule has 1 aromatic rings. The zero-order chi connectivity index (χ0) is 17.6. The normalized spacial score (nSPS) is 10.6. The molecule has 0 aliphatic heterocycles. The Labute approximate surface area is 145 Å². The fourth-order valence-electron chi connectivity index (χ4n) is 2.47. The molecule has 0 amide bonds. The molecule has 1 aromatic carbocycles. The van der Waals surface area contributed by atoms with Gasteiger partial charge in [0.2, 0.25) is 0 Å². The summed E-state index contributed by atoms with van der Waals surface area (Å²) >= 11 is 0. The number of unbranched alkanes of at least 4 members (excludes halogenated alkanes) is 7. The van der Waals surface area contributed by atoms with E-state index in [0.29, 0.717) is 24.7 Å². The summed E-state index contributed by atoms with van der Waals surface area (Å²) in [5.41, 5.74) is 0.0283. The van der Waals surface area contributed by atoms with Crippen LogP contribution in [0.4, 0.5) is 5.69 Å². The van der Waals surface area contributed by atoms with Crippen LogP contribution in [0.3, 0.4) is 0 Å². The van der Waals surface area contributed by atoms with Crippen molar-refractivity contribution in [3.63, 3.8) is 0 Å². The van der Waals surface area contributed by atoms with E-state index in [0.717, 1.165) is 19.3 Å². The second-order valence-electron chi connectivity index (χ2n) is 6.06. The van der Waals surface area contributed by atoms with E-state index in [2.05, 4.69) is 6.92 Å². The zero-order valence-corrected chi connectivity index (χ0v) is 15.1. The molecule has 136 valence electrons. The molecule has 5 heteroatoms. The summed E-state index contributed by atoms with van der Waals surface area (Å²) in [6, 6.07) is 4.54. The molecular weight excluding hydrogens is 306 g/mol. The van der Waals surface area contributed by atoms with Gasteiger partial charge in [-0.3, -0.25) is 10.1 Å². The number of hydrogen-bond acceptors (Lipinski definition) is 4. The highest BCUT2D eigenvalue weighted by Crippen LogP contribution is 2.31. The van der Waals surface area contributed by atoms with Gasteiger partial charge in [-0.15, -0.1) is 0 Å². The topological polar surface area (TPSA) is 61.6 Å². The maximum atomic E-state index is 10.9. The molecule has 0 aromatic heterocycles. The van der Waals surface area contributed by atoms with Crippen LogP contribution in [0.25, 0.3) is 0 Å². The number of nitro groups is 1. The Kier molecular flexibility index (Phi) is 10.7. The van der Waals surface area contributed by atoms with Crippen molar-refractivity contribution >= 4 is 5.69 Å². The molecule has 0 aliphatic carbocycles. The van der Waals surface area contributed by atoms with Crippen LogP contribution >= 0.6 is 0 Å². The first-order valence-electron chi connectivity index (χ1n) is 9.23. The van der Waals surface area contributed by atoms with Crippen molar-refractivity contribution in [3.8, 4) is 11.5 Å². The Balaban J connectivity index is 2.34. The summed E-state index contributed by atoms with van der Waals surface area (Å²) in [5, 5.41) is 10.9. The molecule has 24 heavy (non-hydrogen) atoms. The van der Waals surface area contributed by atoms with E-state index < -0.39 is 4.92 Å². The van der Waals surface area contributed by atoms with Gasteiger partial charge in [-0.1, -0.05) is 58.8 Å². The van der Waals surface area contributed by atoms with Gasteiger partial charge in [-0.25, -0.2) is 0 Å². The minimum absolute atomic E-state index is 0.0283. The molecule has 0 radical (unpaired) electrons. The first-order chi connectivity index (χ1) is 11.7. The van der Waals surface area contributed by atoms with Crippen LogP contribution < -0.4 is 9.47 Å². The predicted octanol–water partition coefficient (Wildman–Crippen LogP) is 5.90. The largest absolute Gasteiger partial charge is 0.490 e. The van der Waals surface area contributed by atoms with E-state index in [1.54, 1.807) is 6.07 Å². The fraction of sp³-hybridized carbons (Fsp3) is 0.684. The molecule has 0 heterocycles. The molecule has 1 rings (SSSR count). The number of non-ortho nitro benzene ring substituents is 1. The van der Waals surface area contributed by atoms with E-state index >= 15 is 0 Å². The quantitative estimate of drug-likeness (QED) is 0.241. The SMILES string of the molecule is CCCCCCCCCCOc1ccc([N+](=O)[O-])cc1OCCC. The van der Waals surface area contributed by atoms with Crippen LogP contribution in [-0.2, 0) is 0 Å². The third-order valence-electron chi connectivity index (χ3n) is 3.86. The summed E-state index contributed by atoms with van der Waals surface area (Å²) < 4.78 is 11.3. The second-order valence-corrected chi connectivity index (χ2v) is 6.06. The van der Waals surface area contributed by atoms with Crippen molar-refractivity contribution < 1.29 is 14.4 Å².